The second-order valence-electron chi connectivity index (χ2n) is 3.85. The molecule has 0 fully saturated rings. The second kappa shape index (κ2) is 6.45. The van der Waals surface area contributed by atoms with Crippen LogP contribution in [0.1, 0.15) is 33.1 Å². The molecule has 1 aromatic heterocycles. The van der Waals surface area contributed by atoms with Crippen LogP contribution in [0, 0.1) is 0 Å². The topological polar surface area (TPSA) is 50.1 Å². The molecule has 15 heavy (non-hydrogen) atoms. The number of aliphatic hydroxyl groups is 1. The Kier molecular flexibility index (Phi) is 5.18. The van der Waals surface area contributed by atoms with Crippen molar-refractivity contribution in [3.05, 3.63) is 12.3 Å². The lowest BCUT2D eigenvalue weighted by atomic mass is 10.2. The number of anilines is 1. The summed E-state index contributed by atoms with van der Waals surface area (Å²) in [5.41, 5.74) is 0. The summed E-state index contributed by atoms with van der Waals surface area (Å²) in [6.07, 6.45) is 4.72. The van der Waals surface area contributed by atoms with Gasteiger partial charge in [0.25, 0.3) is 0 Å². The largest absolute Gasteiger partial charge is 0.396 e. The van der Waals surface area contributed by atoms with Gasteiger partial charge < -0.3 is 10.4 Å². The molecule has 1 unspecified atom stereocenters. The molecular weight excluding hydrogens is 190 g/mol. The summed E-state index contributed by atoms with van der Waals surface area (Å²) in [6, 6.07) is 2.37. The van der Waals surface area contributed by atoms with Gasteiger partial charge in [-0.15, -0.1) is 0 Å². The van der Waals surface area contributed by atoms with E-state index >= 15 is 0 Å². The maximum atomic E-state index is 8.73. The van der Waals surface area contributed by atoms with E-state index in [0.717, 1.165) is 31.6 Å². The Morgan fingerprint density at radius 2 is 2.40 bits per heavy atom. The maximum absolute atomic E-state index is 8.73. The van der Waals surface area contributed by atoms with Gasteiger partial charge in [-0.2, -0.15) is 5.10 Å². The molecule has 0 amide bonds. The van der Waals surface area contributed by atoms with Gasteiger partial charge in [0.05, 0.1) is 6.20 Å². The Balaban J connectivity index is 2.44. The van der Waals surface area contributed by atoms with Crippen LogP contribution in [0.2, 0.25) is 0 Å². The molecule has 1 heterocycles. The molecule has 1 aromatic rings. The zero-order chi connectivity index (χ0) is 11.1. The minimum Gasteiger partial charge on any atom is -0.396 e. The zero-order valence-corrected chi connectivity index (χ0v) is 9.61. The molecule has 4 heteroatoms. The van der Waals surface area contributed by atoms with Gasteiger partial charge in [-0.3, -0.25) is 0 Å². The van der Waals surface area contributed by atoms with E-state index in [4.69, 9.17) is 5.11 Å². The monoisotopic (exact) mass is 211 g/mol. The predicted octanol–water partition coefficient (Wildman–Crippen LogP) is 1.87. The third-order valence-electron chi connectivity index (χ3n) is 2.34. The number of hydrogen-bond acceptors (Lipinski definition) is 3. The van der Waals surface area contributed by atoms with E-state index in [1.54, 1.807) is 0 Å². The Morgan fingerprint density at radius 1 is 1.60 bits per heavy atom. The first-order valence-electron chi connectivity index (χ1n) is 5.67. The zero-order valence-electron chi connectivity index (χ0n) is 9.61. The van der Waals surface area contributed by atoms with Crippen molar-refractivity contribution in [3.63, 3.8) is 0 Å². The molecule has 1 atom stereocenters. The molecule has 1 rings (SSSR count). The third kappa shape index (κ3) is 3.91. The van der Waals surface area contributed by atoms with Crippen molar-refractivity contribution in [2.45, 2.75) is 45.7 Å². The fourth-order valence-corrected chi connectivity index (χ4v) is 1.57. The predicted molar refractivity (Wildman–Crippen MR) is 61.9 cm³/mol. The van der Waals surface area contributed by atoms with Crippen LogP contribution in [0.5, 0.6) is 0 Å². The molecule has 0 radical (unpaired) electrons. The molecule has 0 saturated carbocycles. The van der Waals surface area contributed by atoms with E-state index in [1.807, 2.05) is 16.9 Å². The van der Waals surface area contributed by atoms with E-state index in [-0.39, 0.29) is 6.61 Å². The summed E-state index contributed by atoms with van der Waals surface area (Å²) in [5.74, 6) is 1.07. The number of nitrogens with one attached hydrogen (secondary N) is 1. The Labute approximate surface area is 91.3 Å². The van der Waals surface area contributed by atoms with Crippen LogP contribution in [0.25, 0.3) is 0 Å². The summed E-state index contributed by atoms with van der Waals surface area (Å²) in [4.78, 5) is 0. The van der Waals surface area contributed by atoms with Gasteiger partial charge in [-0.05, 0) is 26.2 Å². The fraction of sp³-hybridized carbons (Fsp3) is 0.727. The van der Waals surface area contributed by atoms with E-state index in [1.165, 1.54) is 0 Å². The van der Waals surface area contributed by atoms with Crippen molar-refractivity contribution in [2.75, 3.05) is 11.9 Å². The molecule has 0 bridgehead atoms. The second-order valence-corrected chi connectivity index (χ2v) is 3.85. The molecular formula is C11H21N3O. The molecule has 0 aliphatic rings. The van der Waals surface area contributed by atoms with Gasteiger partial charge >= 0.3 is 0 Å². The standard InChI is InChI=1S/C11H21N3O/c1-3-8-14-11(6-7-12-14)13-10(2)5-4-9-15/h6-7,10,13,15H,3-5,8-9H2,1-2H3. The van der Waals surface area contributed by atoms with Crippen molar-refractivity contribution >= 4 is 5.82 Å². The molecule has 0 aromatic carbocycles. The van der Waals surface area contributed by atoms with Crippen molar-refractivity contribution in [1.29, 1.82) is 0 Å². The molecule has 4 nitrogen and oxygen atoms in total. The summed E-state index contributed by atoms with van der Waals surface area (Å²) in [7, 11) is 0. The van der Waals surface area contributed by atoms with Crippen LogP contribution in [0.3, 0.4) is 0 Å². The average Bonchev–Trinajstić information content (AvgIpc) is 2.63. The Bertz CT molecular complexity index is 273. The van der Waals surface area contributed by atoms with Gasteiger partial charge in [0.2, 0.25) is 0 Å². The van der Waals surface area contributed by atoms with Crippen molar-refractivity contribution in [3.8, 4) is 0 Å². The van der Waals surface area contributed by atoms with Crippen molar-refractivity contribution in [2.24, 2.45) is 0 Å². The number of aromatic nitrogens is 2. The highest BCUT2D eigenvalue weighted by Crippen LogP contribution is 2.10. The normalized spacial score (nSPS) is 12.7. The summed E-state index contributed by atoms with van der Waals surface area (Å²) >= 11 is 0. The lowest BCUT2D eigenvalue weighted by molar-refractivity contribution is 0.282. The number of aliphatic hydroxyl groups excluding tert-OH is 1. The van der Waals surface area contributed by atoms with Crippen LogP contribution in [-0.4, -0.2) is 27.5 Å². The molecule has 2 N–H and O–H groups in total. The van der Waals surface area contributed by atoms with Gasteiger partial charge in [0.1, 0.15) is 5.82 Å². The Morgan fingerprint density at radius 3 is 3.07 bits per heavy atom. The minimum absolute atomic E-state index is 0.264. The van der Waals surface area contributed by atoms with Crippen molar-refractivity contribution < 1.29 is 5.11 Å². The van der Waals surface area contributed by atoms with Gasteiger partial charge in [0.15, 0.2) is 0 Å². The van der Waals surface area contributed by atoms with Gasteiger partial charge in [-0.1, -0.05) is 6.92 Å². The number of hydrogen-bond donors (Lipinski definition) is 2. The summed E-state index contributed by atoms with van der Waals surface area (Å²) < 4.78 is 1.98. The first kappa shape index (κ1) is 12.0. The highest BCUT2D eigenvalue weighted by molar-refractivity contribution is 5.34. The third-order valence-corrected chi connectivity index (χ3v) is 2.34. The Hall–Kier alpha value is -1.03. The number of nitrogens with zero attached hydrogens (tertiary/aromatic N) is 2. The minimum atomic E-state index is 0.264. The SMILES string of the molecule is CCCn1nccc1NC(C)CCCO. The smallest absolute Gasteiger partial charge is 0.124 e. The molecule has 0 spiro atoms. The van der Waals surface area contributed by atoms with Crippen molar-refractivity contribution in [1.82, 2.24) is 9.78 Å². The highest BCUT2D eigenvalue weighted by atomic mass is 16.2. The number of rotatable bonds is 7. The maximum Gasteiger partial charge on any atom is 0.124 e. The first-order valence-corrected chi connectivity index (χ1v) is 5.67. The van der Waals surface area contributed by atoms with E-state index < -0.39 is 0 Å². The first-order chi connectivity index (χ1) is 7.27. The quantitative estimate of drug-likeness (QED) is 0.724. The van der Waals surface area contributed by atoms with Gasteiger partial charge in [0, 0.05) is 25.3 Å². The summed E-state index contributed by atoms with van der Waals surface area (Å²) in [6.45, 7) is 5.47. The van der Waals surface area contributed by atoms with Crippen LogP contribution in [-0.2, 0) is 6.54 Å². The van der Waals surface area contributed by atoms with E-state index in [2.05, 4.69) is 24.3 Å². The fourth-order valence-electron chi connectivity index (χ4n) is 1.57. The van der Waals surface area contributed by atoms with Crippen LogP contribution in [0.15, 0.2) is 12.3 Å². The van der Waals surface area contributed by atoms with E-state index in [9.17, 15) is 0 Å². The summed E-state index contributed by atoms with van der Waals surface area (Å²) in [5, 5.41) is 16.4. The van der Waals surface area contributed by atoms with Crippen LogP contribution < -0.4 is 5.32 Å². The van der Waals surface area contributed by atoms with E-state index in [0.29, 0.717) is 6.04 Å². The molecule has 0 aliphatic carbocycles. The average molecular weight is 211 g/mol. The lowest BCUT2D eigenvalue weighted by Gasteiger charge is -2.15. The molecule has 86 valence electrons. The molecule has 0 saturated heterocycles. The van der Waals surface area contributed by atoms with Crippen LogP contribution in [0.4, 0.5) is 5.82 Å². The molecule has 0 aliphatic heterocycles. The highest BCUT2D eigenvalue weighted by Gasteiger charge is 2.05. The number of aryl methyl sites for hydroxylation is 1. The lowest BCUT2D eigenvalue weighted by Crippen LogP contribution is -2.18. The van der Waals surface area contributed by atoms with Crippen LogP contribution >= 0.6 is 0 Å². The van der Waals surface area contributed by atoms with Gasteiger partial charge in [-0.25, -0.2) is 4.68 Å².